The smallest absolute Gasteiger partial charge is 0.407 e. The Kier molecular flexibility index (Phi) is 6.28. The Balaban J connectivity index is 1.96. The summed E-state index contributed by atoms with van der Waals surface area (Å²) in [5, 5.41) is 2.94. The molecule has 0 aliphatic carbocycles. The Morgan fingerprint density at radius 1 is 1.32 bits per heavy atom. The highest BCUT2D eigenvalue weighted by atomic mass is 16.6. The van der Waals surface area contributed by atoms with Crippen LogP contribution in [0.1, 0.15) is 47.5 Å². The van der Waals surface area contributed by atoms with E-state index in [1.54, 1.807) is 7.05 Å². The molecule has 0 aromatic carbocycles. The lowest BCUT2D eigenvalue weighted by Gasteiger charge is -2.34. The van der Waals surface area contributed by atoms with Gasteiger partial charge in [0.1, 0.15) is 5.60 Å². The molecule has 1 fully saturated rings. The van der Waals surface area contributed by atoms with E-state index in [4.69, 9.17) is 4.74 Å². The van der Waals surface area contributed by atoms with Gasteiger partial charge in [0, 0.05) is 32.7 Å². The number of amides is 1. The monoisotopic (exact) mass is 432 g/mol. The Morgan fingerprint density at radius 2 is 2.03 bits per heavy atom. The van der Waals surface area contributed by atoms with Gasteiger partial charge in [-0.05, 0) is 47.5 Å². The molecule has 1 atom stereocenters. The number of H-pyrrole nitrogens is 1. The Morgan fingerprint density at radius 3 is 2.68 bits per heavy atom. The Labute approximate surface area is 180 Å². The predicted octanol–water partition coefficient (Wildman–Crippen LogP) is 1.88. The highest BCUT2D eigenvalue weighted by Gasteiger charge is 2.28. The third-order valence-electron chi connectivity index (χ3n) is 5.09. The van der Waals surface area contributed by atoms with Gasteiger partial charge in [0.05, 0.1) is 0 Å². The van der Waals surface area contributed by atoms with E-state index in [1.165, 1.54) is 4.57 Å². The van der Waals surface area contributed by atoms with Gasteiger partial charge in [-0.1, -0.05) is 11.6 Å². The van der Waals surface area contributed by atoms with Crippen molar-refractivity contribution in [2.75, 3.05) is 18.0 Å². The van der Waals surface area contributed by atoms with Crippen LogP contribution in [-0.2, 0) is 18.3 Å². The molecular formula is C21H32N6O4. The molecule has 10 heteroatoms. The van der Waals surface area contributed by atoms with E-state index in [0.29, 0.717) is 30.2 Å². The van der Waals surface area contributed by atoms with E-state index in [9.17, 15) is 14.4 Å². The summed E-state index contributed by atoms with van der Waals surface area (Å²) in [6, 6.07) is -0.109. The number of rotatable bonds is 4. The third-order valence-corrected chi connectivity index (χ3v) is 5.09. The summed E-state index contributed by atoms with van der Waals surface area (Å²) in [5.74, 6) is 0.606. The van der Waals surface area contributed by atoms with Gasteiger partial charge in [-0.2, -0.15) is 4.98 Å². The molecule has 0 spiro atoms. The molecule has 3 heterocycles. The standard InChI is InChI=1S/C21H32N6O4/c1-13(2)9-11-27-15-16(25(6)19(29)24-17(15)28)23-18(27)26-10-7-8-14(12-26)22-20(30)31-21(3,4)5/h9,14H,7-8,10-12H2,1-6H3,(H,22,30)(H,24,28,29)/t14-/m0/s1. The SMILES string of the molecule is CC(C)=CCn1c(N2CCC[C@H](NC(=O)OC(C)(C)C)C2)nc2c1c(=O)[nH]c(=O)n2C. The average molecular weight is 433 g/mol. The minimum atomic E-state index is -0.567. The van der Waals surface area contributed by atoms with Crippen molar-refractivity contribution < 1.29 is 9.53 Å². The molecule has 0 bridgehead atoms. The number of anilines is 1. The number of imidazole rings is 1. The molecule has 2 aromatic heterocycles. The number of aryl methyl sites for hydroxylation is 1. The van der Waals surface area contributed by atoms with Crippen LogP contribution < -0.4 is 21.5 Å². The number of aromatic nitrogens is 4. The van der Waals surface area contributed by atoms with Crippen molar-refractivity contribution in [1.82, 2.24) is 24.4 Å². The van der Waals surface area contributed by atoms with Crippen LogP contribution in [0.3, 0.4) is 0 Å². The van der Waals surface area contributed by atoms with Gasteiger partial charge in [0.15, 0.2) is 11.2 Å². The molecule has 0 saturated carbocycles. The second kappa shape index (κ2) is 8.60. The molecule has 170 valence electrons. The minimum Gasteiger partial charge on any atom is -0.444 e. The van der Waals surface area contributed by atoms with Crippen LogP contribution in [0.25, 0.3) is 11.2 Å². The van der Waals surface area contributed by atoms with Crippen LogP contribution in [0.2, 0.25) is 0 Å². The number of aromatic amines is 1. The van der Waals surface area contributed by atoms with Crippen molar-refractivity contribution in [1.29, 1.82) is 0 Å². The first-order chi connectivity index (χ1) is 14.5. The van der Waals surface area contributed by atoms with Gasteiger partial charge in [-0.25, -0.2) is 9.59 Å². The zero-order valence-corrected chi connectivity index (χ0v) is 19.1. The second-order valence-electron chi connectivity index (χ2n) is 9.23. The van der Waals surface area contributed by atoms with Gasteiger partial charge in [-0.3, -0.25) is 14.3 Å². The molecule has 0 radical (unpaired) electrons. The van der Waals surface area contributed by atoms with E-state index >= 15 is 0 Å². The van der Waals surface area contributed by atoms with Crippen LogP contribution in [0.15, 0.2) is 21.2 Å². The van der Waals surface area contributed by atoms with Crippen molar-refractivity contribution >= 4 is 23.2 Å². The third kappa shape index (κ3) is 5.18. The summed E-state index contributed by atoms with van der Waals surface area (Å²) < 4.78 is 8.56. The summed E-state index contributed by atoms with van der Waals surface area (Å²) in [7, 11) is 1.59. The number of hydrogen-bond donors (Lipinski definition) is 2. The molecule has 0 unspecified atom stereocenters. The summed E-state index contributed by atoms with van der Waals surface area (Å²) in [6.45, 7) is 11.2. The van der Waals surface area contributed by atoms with E-state index in [0.717, 1.165) is 25.0 Å². The molecule has 31 heavy (non-hydrogen) atoms. The van der Waals surface area contributed by atoms with E-state index in [1.807, 2.05) is 50.2 Å². The molecule has 2 N–H and O–H groups in total. The van der Waals surface area contributed by atoms with Crippen LogP contribution in [0.5, 0.6) is 0 Å². The molecular weight excluding hydrogens is 400 g/mol. The number of alkyl carbamates (subject to hydrolysis) is 1. The van der Waals surface area contributed by atoms with Crippen LogP contribution >= 0.6 is 0 Å². The van der Waals surface area contributed by atoms with Gasteiger partial charge in [-0.15, -0.1) is 0 Å². The van der Waals surface area contributed by atoms with Crippen molar-refractivity contribution in [3.63, 3.8) is 0 Å². The van der Waals surface area contributed by atoms with Crippen molar-refractivity contribution in [2.24, 2.45) is 7.05 Å². The van der Waals surface area contributed by atoms with E-state index in [-0.39, 0.29) is 6.04 Å². The van der Waals surface area contributed by atoms with Crippen LogP contribution in [0, 0.1) is 0 Å². The average Bonchev–Trinajstić information content (AvgIpc) is 3.03. The first-order valence-corrected chi connectivity index (χ1v) is 10.5. The number of hydrogen-bond acceptors (Lipinski definition) is 6. The number of carbonyl (C=O) groups excluding carboxylic acids is 1. The van der Waals surface area contributed by atoms with Crippen molar-refractivity contribution in [3.05, 3.63) is 32.5 Å². The summed E-state index contributed by atoms with van der Waals surface area (Å²) in [5.41, 5.74) is 0.281. The van der Waals surface area contributed by atoms with Crippen LogP contribution in [0.4, 0.5) is 10.7 Å². The molecule has 3 rings (SSSR count). The molecule has 1 aliphatic heterocycles. The van der Waals surface area contributed by atoms with Crippen molar-refractivity contribution in [2.45, 2.75) is 65.6 Å². The zero-order valence-electron chi connectivity index (χ0n) is 19.1. The van der Waals surface area contributed by atoms with Gasteiger partial charge < -0.3 is 19.5 Å². The topological polar surface area (TPSA) is 114 Å². The Hall–Kier alpha value is -3.04. The Bertz CT molecular complexity index is 1110. The first-order valence-electron chi connectivity index (χ1n) is 10.5. The zero-order chi connectivity index (χ0) is 22.9. The van der Waals surface area contributed by atoms with Crippen molar-refractivity contribution in [3.8, 4) is 0 Å². The fourth-order valence-electron chi connectivity index (χ4n) is 3.66. The molecule has 1 aliphatic rings. The van der Waals surface area contributed by atoms with Gasteiger partial charge in [0.2, 0.25) is 5.95 Å². The predicted molar refractivity (Wildman–Crippen MR) is 120 cm³/mol. The second-order valence-corrected chi connectivity index (χ2v) is 9.23. The number of nitrogens with zero attached hydrogens (tertiary/aromatic N) is 4. The number of piperidine rings is 1. The quantitative estimate of drug-likeness (QED) is 0.713. The summed E-state index contributed by atoms with van der Waals surface area (Å²) >= 11 is 0. The summed E-state index contributed by atoms with van der Waals surface area (Å²) in [6.07, 6.45) is 3.23. The largest absolute Gasteiger partial charge is 0.444 e. The van der Waals surface area contributed by atoms with Gasteiger partial charge in [0.25, 0.3) is 5.56 Å². The molecule has 2 aromatic rings. The molecule has 1 saturated heterocycles. The maximum atomic E-state index is 12.6. The van der Waals surface area contributed by atoms with Gasteiger partial charge >= 0.3 is 11.8 Å². The maximum Gasteiger partial charge on any atom is 0.407 e. The number of ether oxygens (including phenoxy) is 1. The lowest BCUT2D eigenvalue weighted by Crippen LogP contribution is -2.49. The van der Waals surface area contributed by atoms with E-state index < -0.39 is 22.9 Å². The number of fused-ring (bicyclic) bond motifs is 1. The fourth-order valence-corrected chi connectivity index (χ4v) is 3.66. The lowest BCUT2D eigenvalue weighted by molar-refractivity contribution is 0.0500. The van der Waals surface area contributed by atoms with E-state index in [2.05, 4.69) is 15.3 Å². The molecule has 1 amide bonds. The number of carbonyl (C=O) groups is 1. The maximum absolute atomic E-state index is 12.6. The highest BCUT2D eigenvalue weighted by molar-refractivity contribution is 5.74. The number of nitrogens with one attached hydrogen (secondary N) is 2. The highest BCUT2D eigenvalue weighted by Crippen LogP contribution is 2.23. The fraction of sp³-hybridized carbons (Fsp3) is 0.619. The van der Waals surface area contributed by atoms with Crippen LogP contribution in [-0.4, -0.2) is 49.9 Å². The normalized spacial score (nSPS) is 17.0. The number of allylic oxidation sites excluding steroid dienone is 2. The minimum absolute atomic E-state index is 0.109. The first kappa shape index (κ1) is 22.6. The lowest BCUT2D eigenvalue weighted by atomic mass is 10.1. The summed E-state index contributed by atoms with van der Waals surface area (Å²) in [4.78, 5) is 46.0. The molecule has 10 nitrogen and oxygen atoms in total.